The quantitative estimate of drug-likeness (QED) is 0.223. The average molecular weight is 561 g/mol. The van der Waals surface area contributed by atoms with E-state index in [2.05, 4.69) is 52.3 Å². The van der Waals surface area contributed by atoms with E-state index in [1.54, 1.807) is 35.3 Å². The van der Waals surface area contributed by atoms with Crippen LogP contribution in [-0.4, -0.2) is 14.1 Å². The van der Waals surface area contributed by atoms with E-state index in [0.717, 1.165) is 0 Å². The fourth-order valence-electron chi connectivity index (χ4n) is 2.88. The van der Waals surface area contributed by atoms with Crippen LogP contribution in [0, 0.1) is 0 Å². The smallest absolute Gasteiger partial charge is 0.757 e. The molecule has 3 aliphatic heterocycles. The number of rotatable bonds is 0. The van der Waals surface area contributed by atoms with Crippen molar-refractivity contribution >= 4 is 90.2 Å². The number of nitrogens with one attached hydrogen (secondary N) is 3. The van der Waals surface area contributed by atoms with E-state index in [9.17, 15) is 0 Å². The second-order valence-corrected chi connectivity index (χ2v) is 12.0. The van der Waals surface area contributed by atoms with Gasteiger partial charge in [0.05, 0.1) is 0 Å². The molecule has 3 N–H and O–H groups in total. The van der Waals surface area contributed by atoms with Crippen LogP contribution in [0.5, 0.6) is 0 Å². The minimum Gasteiger partial charge on any atom is -0.757 e. The van der Waals surface area contributed by atoms with Gasteiger partial charge in [0.1, 0.15) is 0 Å². The van der Waals surface area contributed by atoms with Crippen molar-refractivity contribution in [3.05, 3.63) is 72.8 Å². The molecule has 3 aromatic carbocycles. The van der Waals surface area contributed by atoms with Crippen molar-refractivity contribution in [2.75, 3.05) is 16.0 Å². The zero-order chi connectivity index (χ0) is 20.9. The van der Waals surface area contributed by atoms with Gasteiger partial charge in [0, 0.05) is 31.7 Å². The molecule has 3 atom stereocenters. The van der Waals surface area contributed by atoms with E-state index in [4.69, 9.17) is 37.9 Å². The number of hydrogen-bond acceptors (Lipinski definition) is 9. The largest absolute Gasteiger partial charge is 3.00 e. The summed E-state index contributed by atoms with van der Waals surface area (Å²) in [5.41, 5.74) is 3.52. The van der Waals surface area contributed by atoms with Crippen molar-refractivity contribution in [3.8, 4) is 0 Å². The first-order valence-corrected chi connectivity index (χ1v) is 13.2. The molecule has 3 nitrogen and oxygen atoms in total. The Morgan fingerprint density at radius 3 is 1.00 bits per heavy atom. The third-order valence-electron chi connectivity index (χ3n) is 4.18. The molecule has 0 amide bonds. The van der Waals surface area contributed by atoms with Gasteiger partial charge in [-0.25, -0.2) is 0 Å². The third-order valence-corrected chi connectivity index (χ3v) is 8.23. The van der Waals surface area contributed by atoms with E-state index in [0.29, 0.717) is 0 Å². The fourth-order valence-corrected chi connectivity index (χ4v) is 6.68. The van der Waals surface area contributed by atoms with Crippen LogP contribution in [0.1, 0.15) is 0 Å². The Hall–Kier alpha value is -0.321. The predicted molar refractivity (Wildman–Crippen MR) is 141 cm³/mol. The topological polar surface area (TPSA) is 36.1 Å². The molecule has 31 heavy (non-hydrogen) atoms. The summed E-state index contributed by atoms with van der Waals surface area (Å²) in [4.78, 5) is 3.80. The first-order valence-electron chi connectivity index (χ1n) is 9.12. The molecule has 0 bridgehead atoms. The van der Waals surface area contributed by atoms with Gasteiger partial charge in [-0.05, 0) is 50.5 Å². The summed E-state index contributed by atoms with van der Waals surface area (Å²) in [5, 5.41) is 9.53. The molecule has 10 heteroatoms. The number of hydrogen-bond donors (Lipinski definition) is 3. The van der Waals surface area contributed by atoms with Gasteiger partial charge in [0.25, 0.3) is 0 Å². The molecule has 0 aliphatic carbocycles. The Bertz CT molecular complexity index is 806. The summed E-state index contributed by atoms with van der Waals surface area (Å²) in [6.07, 6.45) is 0. The van der Waals surface area contributed by atoms with Crippen LogP contribution in [-0.2, 0) is 55.0 Å². The van der Waals surface area contributed by atoms with Gasteiger partial charge in [-0.3, -0.25) is 0 Å². The maximum absolute atomic E-state index is 5.06. The summed E-state index contributed by atoms with van der Waals surface area (Å²) in [6, 6.07) is 24.5. The average Bonchev–Trinajstić information content (AvgIpc) is 3.41. The molecular formula is C21H18FeN3S6. The molecule has 0 fully saturated rings. The van der Waals surface area contributed by atoms with Gasteiger partial charge in [-0.15, -0.1) is 35.3 Å². The molecule has 0 saturated carbocycles. The monoisotopic (exact) mass is 560 g/mol. The fraction of sp³-hybridized carbons (Fsp3) is 0.143. The van der Waals surface area contributed by atoms with Crippen molar-refractivity contribution in [1.29, 1.82) is 0 Å². The minimum absolute atomic E-state index is 0. The zero-order valence-electron chi connectivity index (χ0n) is 16.0. The van der Waals surface area contributed by atoms with Crippen molar-refractivity contribution < 1.29 is 17.1 Å². The number of thioether (sulfide) groups is 3. The van der Waals surface area contributed by atoms with Crippen LogP contribution in [0.25, 0.3) is 0 Å². The Kier molecular flexibility index (Phi) is 9.98. The predicted octanol–water partition coefficient (Wildman–Crippen LogP) is 6.10. The number of benzene rings is 3. The first kappa shape index (κ1) is 25.3. The van der Waals surface area contributed by atoms with Gasteiger partial charge < -0.3 is 53.8 Å². The van der Waals surface area contributed by atoms with Crippen molar-refractivity contribution in [1.82, 2.24) is 0 Å². The summed E-state index contributed by atoms with van der Waals surface area (Å²) in [7, 11) is 0. The van der Waals surface area contributed by atoms with Gasteiger partial charge in [-0.2, -0.15) is 0 Å². The maximum Gasteiger partial charge on any atom is 3.00 e. The molecule has 3 unspecified atom stereocenters. The van der Waals surface area contributed by atoms with Crippen molar-refractivity contribution in [3.63, 3.8) is 0 Å². The van der Waals surface area contributed by atoms with Crippen LogP contribution in [0.15, 0.2) is 87.5 Å². The standard InChI is InChI=1S/3C7H7NS2.Fe/c3*9-7-8-5-3-1-2-4-6(5)10-7;/h3*1-4,7-9H;/q;;;+3/p-3. The molecule has 3 heterocycles. The SMILES string of the molecule is [Fe+3].[S-]C1Nc2ccccc2S1.[S-]C1Nc2ccccc2S1.[S-]C1Nc2ccccc2S1. The second kappa shape index (κ2) is 12.2. The third kappa shape index (κ3) is 7.08. The van der Waals surface area contributed by atoms with Crippen LogP contribution in [0.2, 0.25) is 0 Å². The Morgan fingerprint density at radius 1 is 0.484 bits per heavy atom. The maximum atomic E-state index is 5.06. The van der Waals surface area contributed by atoms with Crippen LogP contribution < -0.4 is 16.0 Å². The molecule has 6 rings (SSSR count). The van der Waals surface area contributed by atoms with E-state index in [1.807, 2.05) is 36.4 Å². The Labute approximate surface area is 223 Å². The first-order chi connectivity index (χ1) is 14.6. The van der Waals surface area contributed by atoms with E-state index < -0.39 is 0 Å². The second-order valence-electron chi connectivity index (χ2n) is 6.27. The molecule has 1 radical (unpaired) electrons. The van der Waals surface area contributed by atoms with Crippen LogP contribution >= 0.6 is 35.3 Å². The van der Waals surface area contributed by atoms with Crippen molar-refractivity contribution in [2.45, 2.75) is 28.8 Å². The van der Waals surface area contributed by atoms with Gasteiger partial charge in [-0.1, -0.05) is 36.4 Å². The van der Waals surface area contributed by atoms with Crippen LogP contribution in [0.3, 0.4) is 0 Å². The molecule has 3 aliphatic rings. The summed E-state index contributed by atoms with van der Waals surface area (Å²) in [5.74, 6) is 0. The van der Waals surface area contributed by atoms with E-state index in [1.165, 1.54) is 31.7 Å². The number of para-hydroxylation sites is 3. The molecule has 0 aromatic heterocycles. The van der Waals surface area contributed by atoms with Crippen molar-refractivity contribution in [2.24, 2.45) is 0 Å². The summed E-state index contributed by atoms with van der Waals surface area (Å²) >= 11 is 20.3. The van der Waals surface area contributed by atoms with Gasteiger partial charge in [0.15, 0.2) is 0 Å². The normalized spacial score (nSPS) is 21.2. The van der Waals surface area contributed by atoms with Gasteiger partial charge in [0.2, 0.25) is 0 Å². The van der Waals surface area contributed by atoms with Crippen LogP contribution in [0.4, 0.5) is 17.1 Å². The van der Waals surface area contributed by atoms with E-state index >= 15 is 0 Å². The molecule has 0 spiro atoms. The molecular weight excluding hydrogens is 542 g/mol. The number of anilines is 3. The minimum atomic E-state index is 0. The Balaban J connectivity index is 0.000000130. The molecule has 0 saturated heterocycles. The van der Waals surface area contributed by atoms with E-state index in [-0.39, 0.29) is 31.2 Å². The molecule has 3 aromatic rings. The van der Waals surface area contributed by atoms with Gasteiger partial charge >= 0.3 is 17.1 Å². The molecule has 161 valence electrons. The zero-order valence-corrected chi connectivity index (χ0v) is 22.0. The number of fused-ring (bicyclic) bond motifs is 3. The summed E-state index contributed by atoms with van der Waals surface area (Å²) in [6.45, 7) is 0. The summed E-state index contributed by atoms with van der Waals surface area (Å²) < 4.78 is 0.368. The Morgan fingerprint density at radius 2 is 0.742 bits per heavy atom.